The van der Waals surface area contributed by atoms with Crippen LogP contribution in [0.5, 0.6) is 0 Å². The number of nitrogens with one attached hydrogen (secondary N) is 1. The molecule has 0 aromatic heterocycles. The fraction of sp³-hybridized carbons (Fsp3) is 0.263. The summed E-state index contributed by atoms with van der Waals surface area (Å²) in [7, 11) is 0. The second-order valence-electron chi connectivity index (χ2n) is 6.13. The Balaban J connectivity index is 1.62. The lowest BCUT2D eigenvalue weighted by molar-refractivity contribution is 0.0792. The zero-order valence-electron chi connectivity index (χ0n) is 13.9. The van der Waals surface area contributed by atoms with Gasteiger partial charge >= 0.3 is 0 Å². The van der Waals surface area contributed by atoms with Gasteiger partial charge < -0.3 is 10.2 Å². The Bertz CT molecular complexity index is 834. The molecule has 0 aliphatic carbocycles. The van der Waals surface area contributed by atoms with Gasteiger partial charge in [0.1, 0.15) is 5.82 Å². The molecule has 0 unspecified atom stereocenters. The fourth-order valence-corrected chi connectivity index (χ4v) is 3.31. The maximum Gasteiger partial charge on any atom is 0.253 e. The average Bonchev–Trinajstić information content (AvgIpc) is 3.17. The van der Waals surface area contributed by atoms with Gasteiger partial charge in [-0.3, -0.25) is 9.59 Å². The van der Waals surface area contributed by atoms with Gasteiger partial charge in [-0.25, -0.2) is 4.39 Å². The molecule has 1 heterocycles. The van der Waals surface area contributed by atoms with Crippen LogP contribution in [0.1, 0.15) is 39.1 Å². The summed E-state index contributed by atoms with van der Waals surface area (Å²) < 4.78 is 13.5. The van der Waals surface area contributed by atoms with Crippen LogP contribution in [0.3, 0.4) is 0 Å². The van der Waals surface area contributed by atoms with E-state index in [9.17, 15) is 14.0 Å². The summed E-state index contributed by atoms with van der Waals surface area (Å²) in [6, 6.07) is 9.28. The first kappa shape index (κ1) is 18.7. The Morgan fingerprint density at radius 1 is 1.04 bits per heavy atom. The number of halogens is 3. The Morgan fingerprint density at radius 3 is 2.35 bits per heavy atom. The number of amides is 2. The molecule has 1 N–H and O–H groups in total. The Hall–Kier alpha value is -2.11. The first-order valence-corrected chi connectivity index (χ1v) is 9.02. The lowest BCUT2D eigenvalue weighted by atomic mass is 10.1. The van der Waals surface area contributed by atoms with Gasteiger partial charge in [0.05, 0.1) is 15.6 Å². The van der Waals surface area contributed by atoms with Crippen molar-refractivity contribution >= 4 is 35.0 Å². The molecule has 2 aromatic carbocycles. The number of hydrogen-bond acceptors (Lipinski definition) is 2. The number of nitrogens with zero attached hydrogens (tertiary/aromatic N) is 1. The van der Waals surface area contributed by atoms with Crippen LogP contribution >= 0.6 is 23.2 Å². The van der Waals surface area contributed by atoms with Crippen molar-refractivity contribution in [2.75, 3.05) is 13.1 Å². The lowest BCUT2D eigenvalue weighted by Gasteiger charge is -2.15. The van der Waals surface area contributed by atoms with Crippen LogP contribution in [0.2, 0.25) is 10.0 Å². The maximum absolute atomic E-state index is 13.5. The zero-order valence-corrected chi connectivity index (χ0v) is 15.4. The number of benzene rings is 2. The molecule has 0 spiro atoms. The normalized spacial score (nSPS) is 13.7. The molecule has 0 bridgehead atoms. The van der Waals surface area contributed by atoms with Gasteiger partial charge in [-0.2, -0.15) is 0 Å². The van der Waals surface area contributed by atoms with E-state index in [0.717, 1.165) is 37.6 Å². The molecule has 1 saturated heterocycles. The van der Waals surface area contributed by atoms with Crippen LogP contribution in [-0.4, -0.2) is 29.8 Å². The molecule has 136 valence electrons. The third-order valence-corrected chi connectivity index (χ3v) is 4.90. The summed E-state index contributed by atoms with van der Waals surface area (Å²) in [6.07, 6.45) is 2.09. The minimum atomic E-state index is -0.703. The van der Waals surface area contributed by atoms with Crippen molar-refractivity contribution in [3.05, 3.63) is 69.0 Å². The summed E-state index contributed by atoms with van der Waals surface area (Å²) in [5, 5.41) is 2.63. The first-order chi connectivity index (χ1) is 12.5. The van der Waals surface area contributed by atoms with Crippen molar-refractivity contribution in [1.29, 1.82) is 0 Å². The first-order valence-electron chi connectivity index (χ1n) is 8.26. The summed E-state index contributed by atoms with van der Waals surface area (Å²) in [5.41, 5.74) is 1.47. The molecule has 1 aliphatic heterocycles. The SMILES string of the molecule is O=C(NCc1ccc(C(=O)N2CCCC2)cc1)c1cc(F)c(Cl)cc1Cl. The van der Waals surface area contributed by atoms with Crippen molar-refractivity contribution < 1.29 is 14.0 Å². The van der Waals surface area contributed by atoms with Gasteiger partial charge in [0.2, 0.25) is 0 Å². The highest BCUT2D eigenvalue weighted by atomic mass is 35.5. The quantitative estimate of drug-likeness (QED) is 0.785. The van der Waals surface area contributed by atoms with Gasteiger partial charge in [-0.05, 0) is 42.7 Å². The van der Waals surface area contributed by atoms with Gasteiger partial charge in [-0.15, -0.1) is 0 Å². The molecule has 26 heavy (non-hydrogen) atoms. The smallest absolute Gasteiger partial charge is 0.253 e. The van der Waals surface area contributed by atoms with Gasteiger partial charge in [0, 0.05) is 25.2 Å². The van der Waals surface area contributed by atoms with E-state index in [4.69, 9.17) is 23.2 Å². The van der Waals surface area contributed by atoms with Crippen molar-refractivity contribution in [2.24, 2.45) is 0 Å². The molecule has 1 fully saturated rings. The summed E-state index contributed by atoms with van der Waals surface area (Å²) in [6.45, 7) is 1.84. The number of carbonyl (C=O) groups excluding carboxylic acids is 2. The maximum atomic E-state index is 13.5. The molecule has 2 amide bonds. The van der Waals surface area contributed by atoms with Crippen molar-refractivity contribution in [3.63, 3.8) is 0 Å². The minimum absolute atomic E-state index is 0.0226. The van der Waals surface area contributed by atoms with Gasteiger partial charge in [0.25, 0.3) is 11.8 Å². The Labute approximate surface area is 160 Å². The summed E-state index contributed by atoms with van der Waals surface area (Å²) in [5.74, 6) is -1.17. The van der Waals surface area contributed by atoms with Crippen LogP contribution < -0.4 is 5.32 Å². The fourth-order valence-electron chi connectivity index (χ4n) is 2.84. The van der Waals surface area contributed by atoms with E-state index in [1.165, 1.54) is 6.07 Å². The highest BCUT2D eigenvalue weighted by Gasteiger charge is 2.19. The predicted molar refractivity (Wildman–Crippen MR) is 99.2 cm³/mol. The third-order valence-electron chi connectivity index (χ3n) is 4.30. The number of rotatable bonds is 4. The second kappa shape index (κ2) is 8.06. The number of carbonyl (C=O) groups is 2. The molecule has 3 rings (SSSR count). The van der Waals surface area contributed by atoms with Crippen LogP contribution in [0.25, 0.3) is 0 Å². The molecule has 4 nitrogen and oxygen atoms in total. The minimum Gasteiger partial charge on any atom is -0.348 e. The van der Waals surface area contributed by atoms with E-state index in [1.807, 2.05) is 4.90 Å². The molecular weight excluding hydrogens is 378 g/mol. The van der Waals surface area contributed by atoms with E-state index in [2.05, 4.69) is 5.32 Å². The monoisotopic (exact) mass is 394 g/mol. The van der Waals surface area contributed by atoms with Crippen molar-refractivity contribution in [1.82, 2.24) is 10.2 Å². The van der Waals surface area contributed by atoms with E-state index < -0.39 is 11.7 Å². The standard InChI is InChI=1S/C19H17Cl2FN2O2/c20-15-10-16(21)17(22)9-14(15)18(25)23-11-12-3-5-13(6-4-12)19(26)24-7-1-2-8-24/h3-6,9-10H,1-2,7-8,11H2,(H,23,25). The highest BCUT2D eigenvalue weighted by Crippen LogP contribution is 2.24. The van der Waals surface area contributed by atoms with Crippen LogP contribution in [0.4, 0.5) is 4.39 Å². The molecule has 0 atom stereocenters. The molecule has 2 aromatic rings. The van der Waals surface area contributed by atoms with Gasteiger partial charge in [-0.1, -0.05) is 35.3 Å². The molecule has 0 radical (unpaired) electrons. The van der Waals surface area contributed by atoms with Crippen LogP contribution in [-0.2, 0) is 6.54 Å². The van der Waals surface area contributed by atoms with Crippen LogP contribution in [0.15, 0.2) is 36.4 Å². The average molecular weight is 395 g/mol. The van der Waals surface area contributed by atoms with E-state index in [-0.39, 0.29) is 28.1 Å². The second-order valence-corrected chi connectivity index (χ2v) is 6.94. The molecule has 7 heteroatoms. The Morgan fingerprint density at radius 2 is 1.69 bits per heavy atom. The topological polar surface area (TPSA) is 49.4 Å². The third kappa shape index (κ3) is 4.17. The van der Waals surface area contributed by atoms with Crippen LogP contribution in [0, 0.1) is 5.82 Å². The molecular formula is C19H17Cl2FN2O2. The highest BCUT2D eigenvalue weighted by molar-refractivity contribution is 6.36. The van der Waals surface area contributed by atoms with E-state index in [1.54, 1.807) is 24.3 Å². The number of hydrogen-bond donors (Lipinski definition) is 1. The molecule has 1 aliphatic rings. The zero-order chi connectivity index (χ0) is 18.7. The lowest BCUT2D eigenvalue weighted by Crippen LogP contribution is -2.27. The largest absolute Gasteiger partial charge is 0.348 e. The summed E-state index contributed by atoms with van der Waals surface area (Å²) in [4.78, 5) is 26.3. The van der Waals surface area contributed by atoms with Gasteiger partial charge in [0.15, 0.2) is 0 Å². The Kier molecular flexibility index (Phi) is 5.79. The predicted octanol–water partition coefficient (Wildman–Crippen LogP) is 4.30. The molecule has 0 saturated carbocycles. The number of likely N-dealkylation sites (tertiary alicyclic amines) is 1. The van der Waals surface area contributed by atoms with E-state index in [0.29, 0.717) is 5.56 Å². The van der Waals surface area contributed by atoms with Crippen molar-refractivity contribution in [3.8, 4) is 0 Å². The summed E-state index contributed by atoms with van der Waals surface area (Å²) >= 11 is 11.6. The van der Waals surface area contributed by atoms with E-state index >= 15 is 0 Å². The van der Waals surface area contributed by atoms with Crippen molar-refractivity contribution in [2.45, 2.75) is 19.4 Å².